The predicted octanol–water partition coefficient (Wildman–Crippen LogP) is 2.56. The molecule has 41 heavy (non-hydrogen) atoms. The molecule has 6 N–H and O–H groups in total. The number of nitrogens with one attached hydrogen (secondary N) is 3. The van der Waals surface area contributed by atoms with Crippen LogP contribution >= 0.6 is 12.4 Å². The number of aryl methyl sites for hydroxylation is 3. The topological polar surface area (TPSA) is 204 Å². The van der Waals surface area contributed by atoms with E-state index in [1.165, 1.54) is 22.8 Å². The number of rotatable bonds is 9. The lowest BCUT2D eigenvalue weighted by molar-refractivity contribution is -0.383. The maximum atomic E-state index is 13.1. The number of nitrogens with two attached hydrogens (primary N) is 1. The normalized spacial score (nSPS) is 11.1. The van der Waals surface area contributed by atoms with E-state index < -0.39 is 22.6 Å². The van der Waals surface area contributed by atoms with Crippen LogP contribution in [-0.4, -0.2) is 53.9 Å². The number of nitrogens with zero attached hydrogens (tertiary/aromatic N) is 5. The molecule has 0 aliphatic carbocycles. The summed E-state index contributed by atoms with van der Waals surface area (Å²) in [4.78, 5) is 49.7. The van der Waals surface area contributed by atoms with Gasteiger partial charge in [0.1, 0.15) is 22.9 Å². The molecule has 216 valence electrons. The van der Waals surface area contributed by atoms with Crippen molar-refractivity contribution in [2.75, 3.05) is 17.2 Å². The maximum Gasteiger partial charge on any atom is 0.278 e. The molecule has 0 spiro atoms. The lowest BCUT2D eigenvalue weighted by Gasteiger charge is -2.10. The fourth-order valence-electron chi connectivity index (χ4n) is 4.31. The number of hydrogen-bond donors (Lipinski definition) is 5. The first-order valence-corrected chi connectivity index (χ1v) is 11.9. The molecule has 3 amide bonds. The molecular weight excluding hydrogens is 558 g/mol. The predicted molar refractivity (Wildman–Crippen MR) is 154 cm³/mol. The van der Waals surface area contributed by atoms with Crippen molar-refractivity contribution in [3.05, 3.63) is 76.0 Å². The number of non-ortho nitro benzene ring substituents is 1. The highest BCUT2D eigenvalue weighted by Crippen LogP contribution is 2.28. The van der Waals surface area contributed by atoms with E-state index in [0.29, 0.717) is 16.6 Å². The number of anilines is 2. The number of oxime groups is 1. The zero-order valence-electron chi connectivity index (χ0n) is 22.2. The first-order valence-electron chi connectivity index (χ1n) is 11.9. The van der Waals surface area contributed by atoms with E-state index in [9.17, 15) is 24.5 Å². The monoisotopic (exact) mass is 585 g/mol. The second-order valence-electron chi connectivity index (χ2n) is 8.97. The number of carbonyl (C=O) groups excluding carboxylic acids is 3. The number of carbonyl (C=O) groups is 3. The number of hydrogen-bond acceptors (Lipinski definition) is 7. The summed E-state index contributed by atoms with van der Waals surface area (Å²) in [5.74, 6) is -1.54. The molecule has 0 saturated carbocycles. The zero-order chi connectivity index (χ0) is 29.1. The Labute approximate surface area is 239 Å². The van der Waals surface area contributed by atoms with E-state index in [1.807, 2.05) is 0 Å². The third-order valence-electron chi connectivity index (χ3n) is 6.32. The van der Waals surface area contributed by atoms with Crippen molar-refractivity contribution in [3.8, 4) is 0 Å². The van der Waals surface area contributed by atoms with Crippen LogP contribution in [0.5, 0.6) is 0 Å². The minimum Gasteiger partial charge on any atom is -0.409 e. The van der Waals surface area contributed by atoms with Gasteiger partial charge in [0.15, 0.2) is 0 Å². The Bertz CT molecular complexity index is 1680. The van der Waals surface area contributed by atoms with Gasteiger partial charge in [-0.05, 0) is 24.3 Å². The summed E-state index contributed by atoms with van der Waals surface area (Å²) in [6.07, 6.45) is 3.30. The standard InChI is InChI=1S/C25H27N9O6.ClH/c1-31-10-8-16(22(31)25(37)27-9-7-21(26)30-38)29-23(35)19-11-14(13-32(19)2)28-24(36)20-12-15-17(33(20)3)5-4-6-18(15)34(39)40;/h4-6,8,10-13,38H,7,9H2,1-3H3,(H2,26,30)(H,27,37)(H,28,36)(H,29,35);1H. The third kappa shape index (κ3) is 6.14. The summed E-state index contributed by atoms with van der Waals surface area (Å²) in [7, 11) is 4.90. The largest absolute Gasteiger partial charge is 0.409 e. The van der Waals surface area contributed by atoms with Gasteiger partial charge in [-0.3, -0.25) is 24.5 Å². The van der Waals surface area contributed by atoms with E-state index in [1.54, 1.807) is 60.9 Å². The Hall–Kier alpha value is -5.31. The molecule has 0 fully saturated rings. The third-order valence-corrected chi connectivity index (χ3v) is 6.32. The molecule has 0 unspecified atom stereocenters. The summed E-state index contributed by atoms with van der Waals surface area (Å²) in [6, 6.07) is 9.09. The zero-order valence-corrected chi connectivity index (χ0v) is 23.1. The summed E-state index contributed by atoms with van der Waals surface area (Å²) in [6.45, 7) is 0.123. The number of amides is 3. The first kappa shape index (κ1) is 30.2. The maximum absolute atomic E-state index is 13.1. The van der Waals surface area contributed by atoms with E-state index in [2.05, 4.69) is 21.1 Å². The highest BCUT2D eigenvalue weighted by Gasteiger charge is 2.22. The summed E-state index contributed by atoms with van der Waals surface area (Å²) >= 11 is 0. The van der Waals surface area contributed by atoms with Crippen molar-refractivity contribution in [2.24, 2.45) is 32.0 Å². The molecule has 3 heterocycles. The smallest absolute Gasteiger partial charge is 0.278 e. The molecule has 0 aliphatic heterocycles. The van der Waals surface area contributed by atoms with E-state index >= 15 is 0 Å². The fraction of sp³-hybridized carbons (Fsp3) is 0.200. The molecule has 16 heteroatoms. The molecule has 3 aromatic heterocycles. The minimum absolute atomic E-state index is 0. The Kier molecular flexibility index (Phi) is 9.03. The van der Waals surface area contributed by atoms with Crippen LogP contribution in [0.2, 0.25) is 0 Å². The molecule has 0 atom stereocenters. The molecular formula is C25H28ClN9O6. The molecule has 15 nitrogen and oxygen atoms in total. The van der Waals surface area contributed by atoms with Crippen molar-refractivity contribution in [3.63, 3.8) is 0 Å². The van der Waals surface area contributed by atoms with Crippen LogP contribution in [0.25, 0.3) is 10.9 Å². The van der Waals surface area contributed by atoms with Crippen molar-refractivity contribution in [1.29, 1.82) is 0 Å². The van der Waals surface area contributed by atoms with Crippen LogP contribution in [0.3, 0.4) is 0 Å². The van der Waals surface area contributed by atoms with Gasteiger partial charge >= 0.3 is 0 Å². The van der Waals surface area contributed by atoms with Crippen LogP contribution in [0.15, 0.2) is 53.9 Å². The summed E-state index contributed by atoms with van der Waals surface area (Å²) in [5.41, 5.74) is 7.02. The van der Waals surface area contributed by atoms with Gasteiger partial charge in [0.05, 0.1) is 27.2 Å². The highest BCUT2D eigenvalue weighted by atomic mass is 35.5. The number of benzene rings is 1. The second-order valence-corrected chi connectivity index (χ2v) is 8.97. The van der Waals surface area contributed by atoms with Gasteiger partial charge in [-0.2, -0.15) is 0 Å². The van der Waals surface area contributed by atoms with Crippen molar-refractivity contribution >= 4 is 63.9 Å². The SMILES string of the molecule is Cl.Cn1cc(NC(=O)c2cc3c([N+](=O)[O-])cccc3n2C)cc1C(=O)Nc1ccn(C)c1C(=O)NCCC(N)=NO. The molecule has 0 aliphatic rings. The quantitative estimate of drug-likeness (QED) is 0.0652. The van der Waals surface area contributed by atoms with Gasteiger partial charge in [-0.1, -0.05) is 11.2 Å². The Morgan fingerprint density at radius 1 is 1.02 bits per heavy atom. The second kappa shape index (κ2) is 12.3. The van der Waals surface area contributed by atoms with Gasteiger partial charge in [0, 0.05) is 52.6 Å². The molecule has 0 bridgehead atoms. The Morgan fingerprint density at radius 2 is 1.73 bits per heavy atom. The Balaban J connectivity index is 0.00000462. The van der Waals surface area contributed by atoms with Crippen molar-refractivity contribution in [2.45, 2.75) is 6.42 Å². The lowest BCUT2D eigenvalue weighted by Crippen LogP contribution is -2.30. The number of nitro benzene ring substituents is 1. The molecule has 4 rings (SSSR count). The molecule has 0 radical (unpaired) electrons. The average Bonchev–Trinajstić information content (AvgIpc) is 3.57. The van der Waals surface area contributed by atoms with Crippen LogP contribution in [-0.2, 0) is 21.1 Å². The number of aromatic nitrogens is 3. The van der Waals surface area contributed by atoms with Gasteiger partial charge in [0.25, 0.3) is 23.4 Å². The molecule has 0 saturated heterocycles. The summed E-state index contributed by atoms with van der Waals surface area (Å²) in [5, 5.41) is 31.3. The van der Waals surface area contributed by atoms with Crippen LogP contribution in [0.4, 0.5) is 17.1 Å². The van der Waals surface area contributed by atoms with Gasteiger partial charge in [0.2, 0.25) is 0 Å². The van der Waals surface area contributed by atoms with E-state index in [0.717, 1.165) is 0 Å². The van der Waals surface area contributed by atoms with Crippen molar-refractivity contribution in [1.82, 2.24) is 19.0 Å². The highest BCUT2D eigenvalue weighted by molar-refractivity contribution is 6.10. The van der Waals surface area contributed by atoms with Crippen LogP contribution < -0.4 is 21.7 Å². The van der Waals surface area contributed by atoms with Crippen LogP contribution in [0, 0.1) is 10.1 Å². The lowest BCUT2D eigenvalue weighted by atomic mass is 10.2. The number of amidine groups is 1. The number of nitro groups is 1. The number of fused-ring (bicyclic) bond motifs is 1. The van der Waals surface area contributed by atoms with Gasteiger partial charge in [-0.15, -0.1) is 12.4 Å². The van der Waals surface area contributed by atoms with Crippen molar-refractivity contribution < 1.29 is 24.5 Å². The number of halogens is 1. The molecule has 4 aromatic rings. The van der Waals surface area contributed by atoms with E-state index in [4.69, 9.17) is 10.9 Å². The van der Waals surface area contributed by atoms with Gasteiger partial charge < -0.3 is 40.6 Å². The first-order chi connectivity index (χ1) is 19.0. The van der Waals surface area contributed by atoms with Crippen LogP contribution in [0.1, 0.15) is 37.9 Å². The molecule has 1 aromatic carbocycles. The van der Waals surface area contributed by atoms with Gasteiger partial charge in [-0.25, -0.2) is 0 Å². The summed E-state index contributed by atoms with van der Waals surface area (Å²) < 4.78 is 4.61. The fourth-order valence-corrected chi connectivity index (χ4v) is 4.31. The van der Waals surface area contributed by atoms with E-state index in [-0.39, 0.29) is 59.7 Å². The minimum atomic E-state index is -0.528. The Morgan fingerprint density at radius 3 is 2.41 bits per heavy atom. The average molecular weight is 586 g/mol.